The number of sulfone groups is 1. The van der Waals surface area contributed by atoms with E-state index in [2.05, 4.69) is 5.32 Å². The molecule has 2 aromatic carbocycles. The highest BCUT2D eigenvalue weighted by atomic mass is 35.5. The van der Waals surface area contributed by atoms with Gasteiger partial charge in [-0.15, -0.1) is 0 Å². The predicted molar refractivity (Wildman–Crippen MR) is 99.3 cm³/mol. The summed E-state index contributed by atoms with van der Waals surface area (Å²) < 4.78 is 28.0. The molecule has 0 unspecified atom stereocenters. The third-order valence-corrected chi connectivity index (χ3v) is 4.99. The van der Waals surface area contributed by atoms with E-state index in [-0.39, 0.29) is 26.9 Å². The SMILES string of the molecule is CS(=O)(=O)c1ccc(Cl)c(NC(=O)COC(=O)c2ccc(Cl)c(N)c2)c1. The van der Waals surface area contributed by atoms with Crippen LogP contribution in [-0.2, 0) is 19.4 Å². The molecule has 1 amide bonds. The van der Waals surface area contributed by atoms with Crippen molar-refractivity contribution >= 4 is 56.3 Å². The average Bonchev–Trinajstić information content (AvgIpc) is 2.56. The third kappa shape index (κ3) is 5.10. The molecule has 0 radical (unpaired) electrons. The van der Waals surface area contributed by atoms with E-state index in [1.54, 1.807) is 0 Å². The summed E-state index contributed by atoms with van der Waals surface area (Å²) >= 11 is 11.7. The number of hydrogen-bond acceptors (Lipinski definition) is 6. The molecule has 0 heterocycles. The Bertz CT molecular complexity index is 977. The van der Waals surface area contributed by atoms with E-state index in [1.807, 2.05) is 0 Å². The van der Waals surface area contributed by atoms with Crippen molar-refractivity contribution in [2.24, 2.45) is 0 Å². The zero-order valence-electron chi connectivity index (χ0n) is 13.5. The molecule has 10 heteroatoms. The first-order valence-corrected chi connectivity index (χ1v) is 9.74. The average molecular weight is 417 g/mol. The van der Waals surface area contributed by atoms with Gasteiger partial charge in [-0.05, 0) is 36.4 Å². The van der Waals surface area contributed by atoms with E-state index < -0.39 is 28.3 Å². The van der Waals surface area contributed by atoms with Gasteiger partial charge in [-0.25, -0.2) is 13.2 Å². The van der Waals surface area contributed by atoms with E-state index in [0.29, 0.717) is 5.02 Å². The summed E-state index contributed by atoms with van der Waals surface area (Å²) in [5.74, 6) is -1.45. The number of anilines is 2. The molecular weight excluding hydrogens is 403 g/mol. The van der Waals surface area contributed by atoms with Crippen LogP contribution in [0.1, 0.15) is 10.4 Å². The molecule has 26 heavy (non-hydrogen) atoms. The maximum atomic E-state index is 11.9. The first-order chi connectivity index (χ1) is 12.1. The number of hydrogen-bond donors (Lipinski definition) is 2. The Morgan fingerprint density at radius 3 is 2.38 bits per heavy atom. The van der Waals surface area contributed by atoms with Crippen LogP contribution in [0, 0.1) is 0 Å². The quantitative estimate of drug-likeness (QED) is 0.571. The fourth-order valence-electron chi connectivity index (χ4n) is 1.90. The van der Waals surface area contributed by atoms with Crippen LogP contribution in [0.2, 0.25) is 10.0 Å². The topological polar surface area (TPSA) is 116 Å². The molecule has 0 aliphatic rings. The summed E-state index contributed by atoms with van der Waals surface area (Å²) in [6.07, 6.45) is 1.03. The van der Waals surface area contributed by atoms with Gasteiger partial charge in [-0.1, -0.05) is 23.2 Å². The standard InChI is InChI=1S/C16H14Cl2N2O5S/c1-26(23,24)10-3-5-12(18)14(7-10)20-15(21)8-25-16(22)9-2-4-11(17)13(19)6-9/h2-7H,8,19H2,1H3,(H,20,21). The van der Waals surface area contributed by atoms with Crippen LogP contribution in [-0.4, -0.2) is 33.2 Å². The fourth-order valence-corrected chi connectivity index (χ4v) is 2.83. The smallest absolute Gasteiger partial charge is 0.338 e. The number of nitrogens with one attached hydrogen (secondary N) is 1. The Balaban J connectivity index is 2.03. The van der Waals surface area contributed by atoms with E-state index in [4.69, 9.17) is 33.7 Å². The summed E-state index contributed by atoms with van der Waals surface area (Å²) in [4.78, 5) is 23.8. The lowest BCUT2D eigenvalue weighted by Crippen LogP contribution is -2.21. The lowest BCUT2D eigenvalue weighted by Gasteiger charge is -2.10. The van der Waals surface area contributed by atoms with Crippen LogP contribution in [0.5, 0.6) is 0 Å². The highest BCUT2D eigenvalue weighted by Gasteiger charge is 2.15. The molecule has 0 saturated carbocycles. The molecule has 7 nitrogen and oxygen atoms in total. The maximum Gasteiger partial charge on any atom is 0.338 e. The summed E-state index contributed by atoms with van der Waals surface area (Å²) in [6, 6.07) is 8.05. The Hall–Kier alpha value is -2.29. The van der Waals surface area contributed by atoms with Crippen molar-refractivity contribution in [1.29, 1.82) is 0 Å². The number of nitrogen functional groups attached to an aromatic ring is 1. The number of nitrogens with two attached hydrogens (primary N) is 1. The molecule has 0 aliphatic carbocycles. The lowest BCUT2D eigenvalue weighted by molar-refractivity contribution is -0.119. The van der Waals surface area contributed by atoms with Crippen LogP contribution in [0.25, 0.3) is 0 Å². The van der Waals surface area contributed by atoms with Gasteiger partial charge in [-0.3, -0.25) is 4.79 Å². The summed E-state index contributed by atoms with van der Waals surface area (Å²) in [6.45, 7) is -0.596. The highest BCUT2D eigenvalue weighted by molar-refractivity contribution is 7.90. The van der Waals surface area contributed by atoms with Crippen LogP contribution in [0.3, 0.4) is 0 Å². The van der Waals surface area contributed by atoms with E-state index >= 15 is 0 Å². The molecule has 0 fully saturated rings. The zero-order valence-corrected chi connectivity index (χ0v) is 15.8. The second kappa shape index (κ2) is 7.94. The Labute approximate surface area is 160 Å². The first-order valence-electron chi connectivity index (χ1n) is 7.09. The van der Waals surface area contributed by atoms with Gasteiger partial charge in [0.2, 0.25) is 0 Å². The second-order valence-corrected chi connectivity index (χ2v) is 8.10. The second-order valence-electron chi connectivity index (χ2n) is 5.27. The third-order valence-electron chi connectivity index (χ3n) is 3.21. The predicted octanol–water partition coefficient (Wildman–Crippen LogP) is 2.77. The molecule has 138 valence electrons. The maximum absolute atomic E-state index is 11.9. The molecule has 2 rings (SSSR count). The molecule has 0 atom stereocenters. The van der Waals surface area contributed by atoms with Crippen LogP contribution in [0.15, 0.2) is 41.3 Å². The monoisotopic (exact) mass is 416 g/mol. The molecule has 3 N–H and O–H groups in total. The zero-order chi connectivity index (χ0) is 19.5. The minimum atomic E-state index is -3.47. The van der Waals surface area contributed by atoms with E-state index in [9.17, 15) is 18.0 Å². The van der Waals surface area contributed by atoms with Gasteiger partial charge in [0.25, 0.3) is 5.91 Å². The molecule has 2 aromatic rings. The van der Waals surface area contributed by atoms with Crippen LogP contribution in [0.4, 0.5) is 11.4 Å². The number of carbonyl (C=O) groups excluding carboxylic acids is 2. The number of ether oxygens (including phenoxy) is 1. The largest absolute Gasteiger partial charge is 0.452 e. The van der Waals surface area contributed by atoms with Gasteiger partial charge in [0.15, 0.2) is 16.4 Å². The molecule has 0 spiro atoms. The van der Waals surface area contributed by atoms with Gasteiger partial charge in [0, 0.05) is 6.26 Å². The normalized spacial score (nSPS) is 11.0. The van der Waals surface area contributed by atoms with Crippen molar-refractivity contribution in [3.05, 3.63) is 52.0 Å². The van der Waals surface area contributed by atoms with Crippen LogP contribution < -0.4 is 11.1 Å². The van der Waals surface area contributed by atoms with E-state index in [1.165, 1.54) is 36.4 Å². The first kappa shape index (κ1) is 20.0. The molecule has 0 aliphatic heterocycles. The Morgan fingerprint density at radius 1 is 1.12 bits per heavy atom. The van der Waals surface area contributed by atoms with Gasteiger partial charge in [0.1, 0.15) is 0 Å². The number of rotatable bonds is 5. The Kier molecular flexibility index (Phi) is 6.12. The van der Waals surface area contributed by atoms with Crippen molar-refractivity contribution in [2.45, 2.75) is 4.90 Å². The summed E-state index contributed by atoms with van der Waals surface area (Å²) in [5.41, 5.74) is 6.03. The van der Waals surface area contributed by atoms with Gasteiger partial charge in [-0.2, -0.15) is 0 Å². The van der Waals surface area contributed by atoms with Crippen LogP contribution >= 0.6 is 23.2 Å². The number of halogens is 2. The van der Waals surface area contributed by atoms with Crippen molar-refractivity contribution in [2.75, 3.05) is 23.9 Å². The number of benzene rings is 2. The molecule has 0 aromatic heterocycles. The van der Waals surface area contributed by atoms with Crippen molar-refractivity contribution in [1.82, 2.24) is 0 Å². The summed E-state index contributed by atoms with van der Waals surface area (Å²) in [7, 11) is -3.47. The number of carbonyl (C=O) groups is 2. The lowest BCUT2D eigenvalue weighted by atomic mass is 10.2. The van der Waals surface area contributed by atoms with Gasteiger partial charge < -0.3 is 15.8 Å². The van der Waals surface area contributed by atoms with Gasteiger partial charge in [0.05, 0.1) is 31.9 Å². The Morgan fingerprint density at radius 2 is 1.77 bits per heavy atom. The van der Waals surface area contributed by atoms with Crippen molar-refractivity contribution in [3.63, 3.8) is 0 Å². The number of amides is 1. The molecular formula is C16H14Cl2N2O5S. The van der Waals surface area contributed by atoms with Crippen molar-refractivity contribution < 1.29 is 22.7 Å². The number of esters is 1. The van der Waals surface area contributed by atoms with Gasteiger partial charge >= 0.3 is 5.97 Å². The molecule has 0 saturated heterocycles. The fraction of sp³-hybridized carbons (Fsp3) is 0.125. The van der Waals surface area contributed by atoms with Crippen molar-refractivity contribution in [3.8, 4) is 0 Å². The molecule has 0 bridgehead atoms. The highest BCUT2D eigenvalue weighted by Crippen LogP contribution is 2.25. The van der Waals surface area contributed by atoms with E-state index in [0.717, 1.165) is 6.26 Å². The summed E-state index contributed by atoms with van der Waals surface area (Å²) in [5, 5.41) is 2.82. The minimum absolute atomic E-state index is 0.00849. The minimum Gasteiger partial charge on any atom is -0.452 e.